The third-order valence-corrected chi connectivity index (χ3v) is 3.40. The van der Waals surface area contributed by atoms with Crippen LogP contribution in [-0.2, 0) is 0 Å². The number of hydrogen-bond donors (Lipinski definition) is 0. The Morgan fingerprint density at radius 1 is 0.800 bits per heavy atom. The molecule has 3 rings (SSSR count). The Morgan fingerprint density at radius 2 is 1.45 bits per heavy atom. The maximum atomic E-state index is 5.52. The second-order valence-electron chi connectivity index (χ2n) is 4.47. The van der Waals surface area contributed by atoms with Crippen molar-refractivity contribution in [3.05, 3.63) is 42.5 Å². The third kappa shape index (κ3) is 1.83. The molecule has 0 saturated heterocycles. The Balaban J connectivity index is 2.44. The topological polar surface area (TPSA) is 27.7 Å². The van der Waals surface area contributed by atoms with E-state index in [0.29, 0.717) is 17.2 Å². The summed E-state index contributed by atoms with van der Waals surface area (Å²) in [5.74, 6) is 1.79. The van der Waals surface area contributed by atoms with Crippen molar-refractivity contribution in [2.45, 2.75) is 0 Å². The Kier molecular flexibility index (Phi) is 3.11. The van der Waals surface area contributed by atoms with Crippen LogP contribution in [0.4, 0.5) is 0 Å². The zero-order valence-electron chi connectivity index (χ0n) is 11.7. The van der Waals surface area contributed by atoms with Gasteiger partial charge >= 0.3 is 0 Å². The first-order chi connectivity index (χ1) is 9.78. The largest absolute Gasteiger partial charge is 0.492 e. The molecule has 3 aromatic rings. The molecule has 3 nitrogen and oxygen atoms in total. The van der Waals surface area contributed by atoms with Crippen LogP contribution in [0.5, 0.6) is 17.2 Å². The van der Waals surface area contributed by atoms with Crippen molar-refractivity contribution < 1.29 is 14.2 Å². The minimum Gasteiger partial charge on any atom is -0.492 e. The van der Waals surface area contributed by atoms with Crippen molar-refractivity contribution >= 4 is 21.5 Å². The van der Waals surface area contributed by atoms with E-state index in [1.807, 2.05) is 12.1 Å². The molecule has 0 aromatic heterocycles. The Morgan fingerprint density at radius 3 is 2.05 bits per heavy atom. The van der Waals surface area contributed by atoms with Gasteiger partial charge in [-0.05, 0) is 28.3 Å². The van der Waals surface area contributed by atoms with Gasteiger partial charge in [0.25, 0.3) is 0 Å². The lowest BCUT2D eigenvalue weighted by Crippen LogP contribution is -1.96. The molecule has 0 atom stereocenters. The molecule has 3 heteroatoms. The molecule has 0 aliphatic rings. The lowest BCUT2D eigenvalue weighted by Gasteiger charge is -2.15. The van der Waals surface area contributed by atoms with Crippen LogP contribution >= 0.6 is 0 Å². The first-order valence-corrected chi connectivity index (χ1v) is 6.32. The van der Waals surface area contributed by atoms with Crippen LogP contribution in [0.15, 0.2) is 36.4 Å². The number of ether oxygens (including phenoxy) is 3. The maximum absolute atomic E-state index is 5.52. The average Bonchev–Trinajstić information content (AvgIpc) is 2.50. The Labute approximate surface area is 117 Å². The molecule has 20 heavy (non-hydrogen) atoms. The van der Waals surface area contributed by atoms with Gasteiger partial charge in [-0.25, -0.2) is 0 Å². The van der Waals surface area contributed by atoms with Crippen LogP contribution in [0.3, 0.4) is 0 Å². The molecule has 101 valence electrons. The molecule has 0 fully saturated rings. The summed E-state index contributed by atoms with van der Waals surface area (Å²) in [6.45, 7) is 0. The van der Waals surface area contributed by atoms with E-state index in [-0.39, 0.29) is 0 Å². The van der Waals surface area contributed by atoms with Crippen molar-refractivity contribution in [2.75, 3.05) is 21.3 Å². The van der Waals surface area contributed by atoms with Gasteiger partial charge in [-0.15, -0.1) is 0 Å². The van der Waals surface area contributed by atoms with Crippen molar-refractivity contribution in [1.29, 1.82) is 0 Å². The van der Waals surface area contributed by atoms with Gasteiger partial charge < -0.3 is 14.2 Å². The number of rotatable bonds is 3. The van der Waals surface area contributed by atoms with Crippen molar-refractivity contribution in [3.63, 3.8) is 0 Å². The first kappa shape index (κ1) is 12.6. The molecule has 0 spiro atoms. The second kappa shape index (κ2) is 4.93. The quantitative estimate of drug-likeness (QED) is 0.675. The zero-order valence-corrected chi connectivity index (χ0v) is 11.7. The fourth-order valence-electron chi connectivity index (χ4n) is 2.47. The lowest BCUT2D eigenvalue weighted by molar-refractivity contribution is 0.327. The fraction of sp³-hybridized carbons (Fsp3) is 0.176. The summed E-state index contributed by atoms with van der Waals surface area (Å²) < 4.78 is 16.3. The number of methoxy groups -OCH3 is 3. The molecule has 0 saturated carbocycles. The SMILES string of the molecule is COc1[c]c2cc3ccccc3cc2c(OC)c1OC. The molecule has 3 aromatic carbocycles. The highest BCUT2D eigenvalue weighted by Crippen LogP contribution is 2.43. The molecule has 0 aliphatic carbocycles. The van der Waals surface area contributed by atoms with Gasteiger partial charge in [0, 0.05) is 11.5 Å². The summed E-state index contributed by atoms with van der Waals surface area (Å²) in [7, 11) is 4.83. The number of benzene rings is 3. The van der Waals surface area contributed by atoms with Gasteiger partial charge in [0.2, 0.25) is 5.75 Å². The predicted molar refractivity (Wildman–Crippen MR) is 79.9 cm³/mol. The number of hydrogen-bond acceptors (Lipinski definition) is 3. The fourth-order valence-corrected chi connectivity index (χ4v) is 2.47. The molecular weight excluding hydrogens is 252 g/mol. The molecule has 0 aliphatic heterocycles. The summed E-state index contributed by atoms with van der Waals surface area (Å²) in [6, 6.07) is 15.6. The van der Waals surface area contributed by atoms with E-state index in [9.17, 15) is 0 Å². The summed E-state index contributed by atoms with van der Waals surface area (Å²) in [5.41, 5.74) is 0. The predicted octanol–water partition coefficient (Wildman–Crippen LogP) is 3.82. The number of fused-ring (bicyclic) bond motifs is 2. The van der Waals surface area contributed by atoms with Crippen LogP contribution in [-0.4, -0.2) is 21.3 Å². The highest BCUT2D eigenvalue weighted by Gasteiger charge is 2.16. The minimum atomic E-state index is 0.548. The summed E-state index contributed by atoms with van der Waals surface area (Å²) in [4.78, 5) is 0. The van der Waals surface area contributed by atoms with E-state index in [1.54, 1.807) is 21.3 Å². The molecule has 1 radical (unpaired) electrons. The molecule has 0 N–H and O–H groups in total. The van der Waals surface area contributed by atoms with E-state index in [1.165, 1.54) is 0 Å². The summed E-state index contributed by atoms with van der Waals surface area (Å²) in [5, 5.41) is 4.21. The highest BCUT2D eigenvalue weighted by molar-refractivity contribution is 6.02. The van der Waals surface area contributed by atoms with Crippen LogP contribution < -0.4 is 14.2 Å². The lowest BCUT2D eigenvalue weighted by atomic mass is 10.0. The summed E-state index contributed by atoms with van der Waals surface area (Å²) >= 11 is 0. The first-order valence-electron chi connectivity index (χ1n) is 6.32. The van der Waals surface area contributed by atoms with Crippen molar-refractivity contribution in [1.82, 2.24) is 0 Å². The van der Waals surface area contributed by atoms with Gasteiger partial charge in [0.05, 0.1) is 21.3 Å². The van der Waals surface area contributed by atoms with E-state index >= 15 is 0 Å². The molecule has 0 amide bonds. The van der Waals surface area contributed by atoms with Gasteiger partial charge in [-0.2, -0.15) is 0 Å². The average molecular weight is 267 g/mol. The molecule has 0 unspecified atom stereocenters. The van der Waals surface area contributed by atoms with Crippen molar-refractivity contribution in [2.24, 2.45) is 0 Å². The Bertz CT molecular complexity index is 778. The van der Waals surface area contributed by atoms with Gasteiger partial charge in [-0.1, -0.05) is 24.3 Å². The van der Waals surface area contributed by atoms with E-state index in [4.69, 9.17) is 14.2 Å². The molecular formula is C17H15O3. The molecule has 0 heterocycles. The summed E-state index contributed by atoms with van der Waals surface area (Å²) in [6.07, 6.45) is 0. The van der Waals surface area contributed by atoms with Gasteiger partial charge in [0.15, 0.2) is 11.5 Å². The maximum Gasteiger partial charge on any atom is 0.204 e. The second-order valence-corrected chi connectivity index (χ2v) is 4.47. The van der Waals surface area contributed by atoms with Crippen LogP contribution in [0.1, 0.15) is 0 Å². The van der Waals surface area contributed by atoms with E-state index in [2.05, 4.69) is 30.3 Å². The van der Waals surface area contributed by atoms with Crippen LogP contribution in [0.25, 0.3) is 21.5 Å². The van der Waals surface area contributed by atoms with Crippen LogP contribution in [0.2, 0.25) is 0 Å². The third-order valence-electron chi connectivity index (χ3n) is 3.40. The van der Waals surface area contributed by atoms with Crippen LogP contribution in [0, 0.1) is 6.07 Å². The highest BCUT2D eigenvalue weighted by atomic mass is 16.5. The van der Waals surface area contributed by atoms with E-state index < -0.39 is 0 Å². The smallest absolute Gasteiger partial charge is 0.204 e. The van der Waals surface area contributed by atoms with Gasteiger partial charge in [-0.3, -0.25) is 0 Å². The molecule has 0 bridgehead atoms. The van der Waals surface area contributed by atoms with Crippen molar-refractivity contribution in [3.8, 4) is 17.2 Å². The zero-order chi connectivity index (χ0) is 14.1. The van der Waals surface area contributed by atoms with E-state index in [0.717, 1.165) is 21.5 Å². The Hall–Kier alpha value is -2.42. The minimum absolute atomic E-state index is 0.548. The monoisotopic (exact) mass is 267 g/mol. The standard InChI is InChI=1S/C17H15O3/c1-18-15-10-13-8-11-6-4-5-7-12(11)9-14(13)16(19-2)17(15)20-3/h4-9H,1-3H3. The normalized spacial score (nSPS) is 10.8. The van der Waals surface area contributed by atoms with Gasteiger partial charge in [0.1, 0.15) is 0 Å².